The number of allylic oxidation sites excluding steroid dienone is 1. The van der Waals surface area contributed by atoms with Gasteiger partial charge in [-0.2, -0.15) is 0 Å². The van der Waals surface area contributed by atoms with Crippen molar-refractivity contribution in [2.75, 3.05) is 7.11 Å². The summed E-state index contributed by atoms with van der Waals surface area (Å²) in [6.45, 7) is 0. The van der Waals surface area contributed by atoms with Crippen LogP contribution >= 0.6 is 0 Å². The van der Waals surface area contributed by atoms with Gasteiger partial charge in [-0.25, -0.2) is 4.79 Å². The van der Waals surface area contributed by atoms with Gasteiger partial charge >= 0.3 is 5.97 Å². The fourth-order valence-electron chi connectivity index (χ4n) is 0.563. The third-order valence-corrected chi connectivity index (χ3v) is 1.19. The van der Waals surface area contributed by atoms with Crippen LogP contribution in [0.15, 0.2) is 11.4 Å². The molecule has 0 aromatic rings. The average molecular weight is 173 g/mol. The second-order valence-electron chi connectivity index (χ2n) is 1.90. The molecule has 0 unspecified atom stereocenters. The van der Waals surface area contributed by atoms with Crippen molar-refractivity contribution >= 4 is 12.3 Å². The van der Waals surface area contributed by atoms with E-state index in [1.165, 1.54) is 7.11 Å². The Balaban J connectivity index is 4.57. The summed E-state index contributed by atoms with van der Waals surface area (Å²) in [5, 5.41) is 0. The zero-order chi connectivity index (χ0) is 9.56. The zero-order valence-corrected chi connectivity index (χ0v) is 6.66. The number of hydrogen-bond acceptors (Lipinski definition) is 6. The van der Waals surface area contributed by atoms with Crippen LogP contribution < -0.4 is 17.0 Å². The molecule has 0 rings (SSSR count). The van der Waals surface area contributed by atoms with Gasteiger partial charge in [0, 0.05) is 6.42 Å². The van der Waals surface area contributed by atoms with Crippen molar-refractivity contribution < 1.29 is 14.3 Å². The molecule has 0 saturated heterocycles. The quantitative estimate of drug-likeness (QED) is 0.155. The molecule has 0 aromatic carbocycles. The average Bonchev–Trinajstić information content (AvgIpc) is 2.11. The second-order valence-corrected chi connectivity index (χ2v) is 1.90. The molecule has 0 saturated carbocycles. The SMILES string of the molecule is COC(=O)/C(N)=C(\CC=O)NN. The Kier molecular flexibility index (Phi) is 4.47. The Bertz CT molecular complexity index is 212. The lowest BCUT2D eigenvalue weighted by atomic mass is 10.3. The molecule has 0 radical (unpaired) electrons. The van der Waals surface area contributed by atoms with E-state index in [-0.39, 0.29) is 17.8 Å². The number of rotatable bonds is 4. The highest BCUT2D eigenvalue weighted by Crippen LogP contribution is 1.98. The van der Waals surface area contributed by atoms with Gasteiger partial charge in [-0.1, -0.05) is 0 Å². The van der Waals surface area contributed by atoms with Crippen molar-refractivity contribution in [1.82, 2.24) is 5.43 Å². The van der Waals surface area contributed by atoms with Crippen molar-refractivity contribution in [3.8, 4) is 0 Å². The van der Waals surface area contributed by atoms with Crippen LogP contribution in [0.1, 0.15) is 6.42 Å². The third-order valence-electron chi connectivity index (χ3n) is 1.19. The molecule has 0 fully saturated rings. The van der Waals surface area contributed by atoms with Crippen LogP contribution in [-0.2, 0) is 14.3 Å². The Morgan fingerprint density at radius 2 is 2.25 bits per heavy atom. The smallest absolute Gasteiger partial charge is 0.355 e. The fraction of sp³-hybridized carbons (Fsp3) is 0.333. The van der Waals surface area contributed by atoms with Gasteiger partial charge in [-0.15, -0.1) is 0 Å². The Morgan fingerprint density at radius 3 is 2.58 bits per heavy atom. The highest BCUT2D eigenvalue weighted by Gasteiger charge is 2.10. The number of methoxy groups -OCH3 is 1. The minimum absolute atomic E-state index is 0.0442. The summed E-state index contributed by atoms with van der Waals surface area (Å²) in [6, 6.07) is 0. The topological polar surface area (TPSA) is 107 Å². The largest absolute Gasteiger partial charge is 0.464 e. The molecule has 0 aromatic heterocycles. The lowest BCUT2D eigenvalue weighted by Crippen LogP contribution is -2.28. The Morgan fingerprint density at radius 1 is 1.67 bits per heavy atom. The summed E-state index contributed by atoms with van der Waals surface area (Å²) in [4.78, 5) is 20.8. The van der Waals surface area contributed by atoms with Gasteiger partial charge in [0.2, 0.25) is 0 Å². The molecule has 0 atom stereocenters. The van der Waals surface area contributed by atoms with E-state index in [2.05, 4.69) is 10.2 Å². The van der Waals surface area contributed by atoms with Crippen LogP contribution in [0.2, 0.25) is 0 Å². The number of carbonyl (C=O) groups is 2. The highest BCUT2D eigenvalue weighted by atomic mass is 16.5. The van der Waals surface area contributed by atoms with E-state index < -0.39 is 5.97 Å². The van der Waals surface area contributed by atoms with E-state index in [4.69, 9.17) is 11.6 Å². The van der Waals surface area contributed by atoms with Crippen LogP contribution in [0.3, 0.4) is 0 Å². The Hall–Kier alpha value is -1.56. The zero-order valence-electron chi connectivity index (χ0n) is 6.66. The van der Waals surface area contributed by atoms with Gasteiger partial charge in [-0.05, 0) is 0 Å². The van der Waals surface area contributed by atoms with Crippen LogP contribution in [0.25, 0.3) is 0 Å². The maximum absolute atomic E-state index is 10.8. The van der Waals surface area contributed by atoms with Crippen molar-refractivity contribution in [3.05, 3.63) is 11.4 Å². The molecule has 0 spiro atoms. The molecule has 6 nitrogen and oxygen atoms in total. The molecule has 5 N–H and O–H groups in total. The van der Waals surface area contributed by atoms with Crippen molar-refractivity contribution in [2.24, 2.45) is 11.6 Å². The number of nitrogens with one attached hydrogen (secondary N) is 1. The lowest BCUT2D eigenvalue weighted by Gasteiger charge is -2.05. The van der Waals surface area contributed by atoms with E-state index in [9.17, 15) is 9.59 Å². The highest BCUT2D eigenvalue weighted by molar-refractivity contribution is 5.88. The third kappa shape index (κ3) is 2.59. The van der Waals surface area contributed by atoms with Gasteiger partial charge < -0.3 is 20.7 Å². The van der Waals surface area contributed by atoms with Gasteiger partial charge in [0.05, 0.1) is 12.8 Å². The number of nitrogens with two attached hydrogens (primary N) is 2. The molecular weight excluding hydrogens is 162 g/mol. The first kappa shape index (κ1) is 10.4. The molecule has 6 heteroatoms. The van der Waals surface area contributed by atoms with Gasteiger partial charge in [-0.3, -0.25) is 5.84 Å². The second kappa shape index (κ2) is 5.14. The first-order valence-corrected chi connectivity index (χ1v) is 3.14. The first-order chi connectivity index (χ1) is 5.67. The van der Waals surface area contributed by atoms with Gasteiger partial charge in [0.1, 0.15) is 12.0 Å². The maximum atomic E-state index is 10.8. The summed E-state index contributed by atoms with van der Waals surface area (Å²) in [5.74, 6) is 4.28. The van der Waals surface area contributed by atoms with E-state index >= 15 is 0 Å². The number of hydrazine groups is 1. The van der Waals surface area contributed by atoms with Crippen LogP contribution in [-0.4, -0.2) is 19.4 Å². The summed E-state index contributed by atoms with van der Waals surface area (Å²) in [7, 11) is 1.18. The Labute approximate surface area is 69.5 Å². The van der Waals surface area contributed by atoms with E-state index in [1.807, 2.05) is 0 Å². The summed E-state index contributed by atoms with van der Waals surface area (Å²) in [6.07, 6.45) is 0.530. The standard InChI is InChI=1S/C6H11N3O3/c1-12-6(11)5(7)4(9-8)2-3-10/h3,9H,2,7-8H2,1H3/b5-4-. The molecule has 0 aliphatic carbocycles. The molecule has 12 heavy (non-hydrogen) atoms. The van der Waals surface area contributed by atoms with Crippen LogP contribution in [0, 0.1) is 0 Å². The van der Waals surface area contributed by atoms with Gasteiger partial charge in [0.25, 0.3) is 0 Å². The lowest BCUT2D eigenvalue weighted by molar-refractivity contribution is -0.136. The van der Waals surface area contributed by atoms with E-state index in [0.29, 0.717) is 6.29 Å². The first-order valence-electron chi connectivity index (χ1n) is 3.14. The molecule has 0 bridgehead atoms. The maximum Gasteiger partial charge on any atom is 0.355 e. The molecule has 0 amide bonds. The normalized spacial score (nSPS) is 11.5. The number of hydrogen-bond donors (Lipinski definition) is 3. The number of esters is 1. The molecule has 0 aliphatic heterocycles. The van der Waals surface area contributed by atoms with Crippen LogP contribution in [0.5, 0.6) is 0 Å². The minimum atomic E-state index is -0.718. The molecule has 0 heterocycles. The summed E-state index contributed by atoms with van der Waals surface area (Å²) in [5.41, 5.74) is 7.37. The van der Waals surface area contributed by atoms with Gasteiger partial charge in [0.15, 0.2) is 0 Å². The number of ether oxygens (including phenoxy) is 1. The fourth-order valence-corrected chi connectivity index (χ4v) is 0.563. The van der Waals surface area contributed by atoms with Crippen LogP contribution in [0.4, 0.5) is 0 Å². The van der Waals surface area contributed by atoms with Crippen molar-refractivity contribution in [1.29, 1.82) is 0 Å². The molecule has 0 aliphatic rings. The molecule has 68 valence electrons. The summed E-state index contributed by atoms with van der Waals surface area (Å²) < 4.78 is 4.31. The monoisotopic (exact) mass is 173 g/mol. The molecular formula is C6H11N3O3. The number of carbonyl (C=O) groups excluding carboxylic acids is 2. The number of aldehydes is 1. The van der Waals surface area contributed by atoms with Crippen molar-refractivity contribution in [2.45, 2.75) is 6.42 Å². The minimum Gasteiger partial charge on any atom is -0.464 e. The summed E-state index contributed by atoms with van der Waals surface area (Å²) >= 11 is 0. The predicted molar refractivity (Wildman–Crippen MR) is 41.2 cm³/mol. The van der Waals surface area contributed by atoms with E-state index in [0.717, 1.165) is 0 Å². The van der Waals surface area contributed by atoms with E-state index in [1.54, 1.807) is 0 Å². The van der Waals surface area contributed by atoms with Crippen molar-refractivity contribution in [3.63, 3.8) is 0 Å². The predicted octanol–water partition coefficient (Wildman–Crippen LogP) is -1.62.